The van der Waals surface area contributed by atoms with E-state index in [0.717, 1.165) is 36.5 Å². The van der Waals surface area contributed by atoms with E-state index in [0.29, 0.717) is 23.7 Å². The standard InChI is InChI=1S/C21H27N3O2/c1-3-24-19-9-8-16(12-18(19)22-14(2)20(24)25)21(26)23-11-10-15-6-4-5-7-17(15)13-23/h8-9,12,15,17H,3-7,10-11,13H2,1-2H3/t15-,17-/m0/s1. The van der Waals surface area contributed by atoms with Crippen LogP contribution in [0.5, 0.6) is 0 Å². The summed E-state index contributed by atoms with van der Waals surface area (Å²) in [5.74, 6) is 1.59. The molecule has 5 nitrogen and oxygen atoms in total. The van der Waals surface area contributed by atoms with Gasteiger partial charge in [-0.3, -0.25) is 9.59 Å². The molecule has 4 rings (SSSR count). The highest BCUT2D eigenvalue weighted by Gasteiger charge is 2.33. The summed E-state index contributed by atoms with van der Waals surface area (Å²) in [6.45, 7) is 6.03. The Morgan fingerprint density at radius 2 is 1.96 bits per heavy atom. The summed E-state index contributed by atoms with van der Waals surface area (Å²) in [6, 6.07) is 5.57. The van der Waals surface area contributed by atoms with Crippen molar-refractivity contribution in [2.45, 2.75) is 52.5 Å². The van der Waals surface area contributed by atoms with Gasteiger partial charge in [0.2, 0.25) is 0 Å². The third-order valence-electron chi connectivity index (χ3n) is 6.25. The Hall–Kier alpha value is -2.17. The number of aromatic nitrogens is 2. The van der Waals surface area contributed by atoms with E-state index in [2.05, 4.69) is 4.98 Å². The van der Waals surface area contributed by atoms with Crippen LogP contribution in [0.1, 0.15) is 55.1 Å². The molecule has 0 spiro atoms. The van der Waals surface area contributed by atoms with Crippen molar-refractivity contribution in [2.24, 2.45) is 11.8 Å². The van der Waals surface area contributed by atoms with Crippen molar-refractivity contribution < 1.29 is 4.79 Å². The summed E-state index contributed by atoms with van der Waals surface area (Å²) in [6.07, 6.45) is 6.38. The number of hydrogen-bond acceptors (Lipinski definition) is 3. The lowest BCUT2D eigenvalue weighted by Gasteiger charge is -2.41. The van der Waals surface area contributed by atoms with Crippen molar-refractivity contribution in [1.82, 2.24) is 14.5 Å². The van der Waals surface area contributed by atoms with Crippen LogP contribution < -0.4 is 5.56 Å². The lowest BCUT2D eigenvalue weighted by Crippen LogP contribution is -2.44. The first-order chi connectivity index (χ1) is 12.6. The molecule has 1 aromatic carbocycles. The molecule has 2 heterocycles. The molecule has 138 valence electrons. The van der Waals surface area contributed by atoms with Gasteiger partial charge in [0.15, 0.2) is 0 Å². The second-order valence-corrected chi connectivity index (χ2v) is 7.79. The summed E-state index contributed by atoms with van der Waals surface area (Å²) >= 11 is 0. The molecule has 1 aliphatic heterocycles. The number of amides is 1. The molecule has 5 heteroatoms. The van der Waals surface area contributed by atoms with Gasteiger partial charge in [-0.05, 0) is 56.7 Å². The number of piperidine rings is 1. The lowest BCUT2D eigenvalue weighted by molar-refractivity contribution is 0.0521. The van der Waals surface area contributed by atoms with Gasteiger partial charge >= 0.3 is 0 Å². The topological polar surface area (TPSA) is 55.2 Å². The number of fused-ring (bicyclic) bond motifs is 2. The number of carbonyl (C=O) groups is 1. The maximum Gasteiger partial charge on any atom is 0.272 e. The highest BCUT2D eigenvalue weighted by Crippen LogP contribution is 2.36. The van der Waals surface area contributed by atoms with Crippen molar-refractivity contribution >= 4 is 16.9 Å². The van der Waals surface area contributed by atoms with Crippen LogP contribution in [0, 0.1) is 18.8 Å². The Balaban J connectivity index is 1.63. The fourth-order valence-electron chi connectivity index (χ4n) is 4.79. The predicted octanol–water partition coefficient (Wildman–Crippen LogP) is 3.38. The van der Waals surface area contributed by atoms with Crippen molar-refractivity contribution in [2.75, 3.05) is 13.1 Å². The molecule has 0 radical (unpaired) electrons. The third kappa shape index (κ3) is 2.93. The summed E-state index contributed by atoms with van der Waals surface area (Å²) < 4.78 is 1.72. The molecule has 26 heavy (non-hydrogen) atoms. The van der Waals surface area contributed by atoms with Crippen molar-refractivity contribution in [3.8, 4) is 0 Å². The Bertz CT molecular complexity index is 902. The van der Waals surface area contributed by atoms with E-state index in [1.807, 2.05) is 30.0 Å². The zero-order chi connectivity index (χ0) is 18.3. The van der Waals surface area contributed by atoms with Gasteiger partial charge < -0.3 is 9.47 Å². The quantitative estimate of drug-likeness (QED) is 0.832. The molecule has 1 aliphatic carbocycles. The summed E-state index contributed by atoms with van der Waals surface area (Å²) in [5, 5.41) is 0. The van der Waals surface area contributed by atoms with E-state index in [-0.39, 0.29) is 11.5 Å². The van der Waals surface area contributed by atoms with Crippen LogP contribution in [0.3, 0.4) is 0 Å². The summed E-state index contributed by atoms with van der Waals surface area (Å²) in [5.41, 5.74) is 2.62. The number of likely N-dealkylation sites (tertiary alicyclic amines) is 1. The highest BCUT2D eigenvalue weighted by atomic mass is 16.2. The van der Waals surface area contributed by atoms with Gasteiger partial charge in [-0.15, -0.1) is 0 Å². The van der Waals surface area contributed by atoms with Gasteiger partial charge in [-0.1, -0.05) is 19.3 Å². The van der Waals surface area contributed by atoms with Gasteiger partial charge in [-0.25, -0.2) is 4.98 Å². The van der Waals surface area contributed by atoms with Gasteiger partial charge in [-0.2, -0.15) is 0 Å². The fourth-order valence-corrected chi connectivity index (χ4v) is 4.79. The first kappa shape index (κ1) is 17.3. The number of rotatable bonds is 2. The van der Waals surface area contributed by atoms with Gasteiger partial charge in [0.25, 0.3) is 11.5 Å². The summed E-state index contributed by atoms with van der Waals surface area (Å²) in [4.78, 5) is 31.8. The Morgan fingerprint density at radius 3 is 2.73 bits per heavy atom. The number of benzene rings is 1. The van der Waals surface area contributed by atoms with E-state index in [1.54, 1.807) is 11.5 Å². The molecule has 1 saturated carbocycles. The second kappa shape index (κ2) is 6.86. The van der Waals surface area contributed by atoms with Gasteiger partial charge in [0.05, 0.1) is 11.0 Å². The molecule has 1 aromatic heterocycles. The maximum atomic E-state index is 13.1. The number of aryl methyl sites for hydroxylation is 2. The van der Waals surface area contributed by atoms with Crippen LogP contribution >= 0.6 is 0 Å². The minimum absolute atomic E-state index is 0.0570. The molecule has 0 unspecified atom stereocenters. The SMILES string of the molecule is CCn1c(=O)c(C)nc2cc(C(=O)N3CC[C@@H]4CCCC[C@H]4C3)ccc21. The van der Waals surface area contributed by atoms with E-state index < -0.39 is 0 Å². The van der Waals surface area contributed by atoms with Crippen LogP contribution in [0.25, 0.3) is 11.0 Å². The zero-order valence-electron chi connectivity index (χ0n) is 15.7. The second-order valence-electron chi connectivity index (χ2n) is 7.79. The van der Waals surface area contributed by atoms with Crippen LogP contribution in [0.15, 0.2) is 23.0 Å². The van der Waals surface area contributed by atoms with Crippen LogP contribution in [-0.2, 0) is 6.54 Å². The molecular weight excluding hydrogens is 326 g/mol. The van der Waals surface area contributed by atoms with Crippen molar-refractivity contribution in [3.63, 3.8) is 0 Å². The first-order valence-corrected chi connectivity index (χ1v) is 9.89. The molecule has 1 amide bonds. The Kier molecular flexibility index (Phi) is 4.55. The fraction of sp³-hybridized carbons (Fsp3) is 0.571. The minimum Gasteiger partial charge on any atom is -0.338 e. The normalized spacial score (nSPS) is 23.1. The highest BCUT2D eigenvalue weighted by molar-refractivity contribution is 5.97. The number of carbonyl (C=O) groups excluding carboxylic acids is 1. The largest absolute Gasteiger partial charge is 0.338 e. The minimum atomic E-state index is -0.0570. The van der Waals surface area contributed by atoms with Crippen molar-refractivity contribution in [1.29, 1.82) is 0 Å². The predicted molar refractivity (Wildman–Crippen MR) is 102 cm³/mol. The maximum absolute atomic E-state index is 13.1. The van der Waals surface area contributed by atoms with Crippen LogP contribution in [0.4, 0.5) is 0 Å². The molecule has 2 atom stereocenters. The van der Waals surface area contributed by atoms with Crippen LogP contribution in [-0.4, -0.2) is 33.4 Å². The van der Waals surface area contributed by atoms with Crippen LogP contribution in [0.2, 0.25) is 0 Å². The summed E-state index contributed by atoms with van der Waals surface area (Å²) in [7, 11) is 0. The molecule has 2 fully saturated rings. The average molecular weight is 353 g/mol. The molecule has 2 aromatic rings. The van der Waals surface area contributed by atoms with Crippen molar-refractivity contribution in [3.05, 3.63) is 39.8 Å². The van der Waals surface area contributed by atoms with E-state index in [9.17, 15) is 9.59 Å². The lowest BCUT2D eigenvalue weighted by atomic mass is 9.75. The molecular formula is C21H27N3O2. The molecule has 1 saturated heterocycles. The van der Waals surface area contributed by atoms with E-state index >= 15 is 0 Å². The Labute approximate surface area is 154 Å². The molecule has 0 N–H and O–H groups in total. The molecule has 2 aliphatic rings. The Morgan fingerprint density at radius 1 is 1.19 bits per heavy atom. The average Bonchev–Trinajstić information content (AvgIpc) is 2.67. The smallest absolute Gasteiger partial charge is 0.272 e. The first-order valence-electron chi connectivity index (χ1n) is 9.89. The number of nitrogens with zero attached hydrogens (tertiary/aromatic N) is 3. The zero-order valence-corrected chi connectivity index (χ0v) is 15.7. The number of hydrogen-bond donors (Lipinski definition) is 0. The molecule has 0 bridgehead atoms. The third-order valence-corrected chi connectivity index (χ3v) is 6.25. The van der Waals surface area contributed by atoms with Gasteiger partial charge in [0, 0.05) is 25.2 Å². The van der Waals surface area contributed by atoms with E-state index in [4.69, 9.17) is 0 Å². The van der Waals surface area contributed by atoms with E-state index in [1.165, 1.54) is 25.7 Å². The van der Waals surface area contributed by atoms with Gasteiger partial charge in [0.1, 0.15) is 5.69 Å². The monoisotopic (exact) mass is 353 g/mol.